The average molecular weight is 195 g/mol. The van der Waals surface area contributed by atoms with Crippen molar-refractivity contribution < 1.29 is 0 Å². The van der Waals surface area contributed by atoms with Crippen LogP contribution in [0.1, 0.15) is 17.4 Å². The predicted molar refractivity (Wildman–Crippen MR) is 58.2 cm³/mol. The minimum atomic E-state index is 0.121. The SMILES string of the molecule is C=C/C=C\c1sn(CC)c(=O)c1C. The van der Waals surface area contributed by atoms with Gasteiger partial charge in [0.05, 0.1) is 4.88 Å². The van der Waals surface area contributed by atoms with Gasteiger partial charge in [0, 0.05) is 12.1 Å². The molecule has 70 valence electrons. The summed E-state index contributed by atoms with van der Waals surface area (Å²) >= 11 is 1.50. The van der Waals surface area contributed by atoms with Gasteiger partial charge in [-0.25, -0.2) is 0 Å². The lowest BCUT2D eigenvalue weighted by Crippen LogP contribution is -2.13. The third kappa shape index (κ3) is 1.98. The summed E-state index contributed by atoms with van der Waals surface area (Å²) in [6.07, 6.45) is 5.47. The molecule has 2 nitrogen and oxygen atoms in total. The van der Waals surface area contributed by atoms with Gasteiger partial charge < -0.3 is 0 Å². The third-order valence-corrected chi connectivity index (χ3v) is 3.08. The Labute approximate surface area is 82.0 Å². The molecule has 0 spiro atoms. The topological polar surface area (TPSA) is 22.0 Å². The van der Waals surface area contributed by atoms with Crippen molar-refractivity contribution in [1.29, 1.82) is 0 Å². The second-order valence-corrected chi connectivity index (χ2v) is 3.74. The maximum absolute atomic E-state index is 11.5. The summed E-state index contributed by atoms with van der Waals surface area (Å²) in [6, 6.07) is 0. The molecule has 0 bridgehead atoms. The van der Waals surface area contributed by atoms with E-state index in [1.54, 1.807) is 10.0 Å². The largest absolute Gasteiger partial charge is 0.268 e. The summed E-state index contributed by atoms with van der Waals surface area (Å²) in [5.41, 5.74) is 0.946. The van der Waals surface area contributed by atoms with E-state index in [9.17, 15) is 4.79 Å². The van der Waals surface area contributed by atoms with E-state index in [2.05, 4.69) is 6.58 Å². The molecule has 0 unspecified atom stereocenters. The van der Waals surface area contributed by atoms with Crippen molar-refractivity contribution in [3.05, 3.63) is 39.5 Å². The molecule has 0 aliphatic rings. The standard InChI is InChI=1S/C10H13NOS/c1-4-6-7-9-8(3)10(12)11(5-2)13-9/h4,6-7H,1,5H2,2-3H3/b7-6-. The monoisotopic (exact) mass is 195 g/mol. The smallest absolute Gasteiger partial charge is 0.264 e. The Bertz CT molecular complexity index is 384. The fourth-order valence-electron chi connectivity index (χ4n) is 1.04. The first-order chi connectivity index (χ1) is 6.20. The molecule has 0 aliphatic carbocycles. The third-order valence-electron chi connectivity index (χ3n) is 1.80. The van der Waals surface area contributed by atoms with Gasteiger partial charge in [0.15, 0.2) is 0 Å². The van der Waals surface area contributed by atoms with E-state index in [0.29, 0.717) is 0 Å². The Morgan fingerprint density at radius 2 is 2.31 bits per heavy atom. The van der Waals surface area contributed by atoms with Crippen molar-refractivity contribution in [2.75, 3.05) is 0 Å². The minimum Gasteiger partial charge on any atom is -0.268 e. The molecule has 0 atom stereocenters. The predicted octanol–water partition coefficient (Wildman–Crippen LogP) is 2.44. The molecule has 0 saturated heterocycles. The zero-order chi connectivity index (χ0) is 9.84. The normalized spacial score (nSPS) is 10.9. The number of aromatic nitrogens is 1. The van der Waals surface area contributed by atoms with Crippen LogP contribution in [0.5, 0.6) is 0 Å². The molecule has 1 rings (SSSR count). The lowest BCUT2D eigenvalue weighted by molar-refractivity contribution is 0.805. The highest BCUT2D eigenvalue weighted by atomic mass is 32.1. The molecule has 0 fully saturated rings. The summed E-state index contributed by atoms with van der Waals surface area (Å²) in [5, 5.41) is 0. The van der Waals surface area contributed by atoms with E-state index >= 15 is 0 Å². The van der Waals surface area contributed by atoms with E-state index in [1.807, 2.05) is 26.0 Å². The summed E-state index contributed by atoms with van der Waals surface area (Å²) in [4.78, 5) is 12.5. The maximum atomic E-state index is 11.5. The van der Waals surface area contributed by atoms with Crippen LogP contribution in [-0.4, -0.2) is 3.96 Å². The van der Waals surface area contributed by atoms with Crippen LogP contribution in [0.3, 0.4) is 0 Å². The van der Waals surface area contributed by atoms with Crippen LogP contribution in [-0.2, 0) is 6.54 Å². The maximum Gasteiger partial charge on any atom is 0.264 e. The van der Waals surface area contributed by atoms with Crippen molar-refractivity contribution in [2.24, 2.45) is 0 Å². The Hall–Kier alpha value is -1.09. The Kier molecular flexibility index (Phi) is 3.25. The van der Waals surface area contributed by atoms with Gasteiger partial charge in [-0.3, -0.25) is 8.75 Å². The molecule has 0 amide bonds. The molecular weight excluding hydrogens is 182 g/mol. The van der Waals surface area contributed by atoms with Gasteiger partial charge in [0.1, 0.15) is 0 Å². The molecule has 0 radical (unpaired) electrons. The van der Waals surface area contributed by atoms with Crippen LogP contribution in [0.4, 0.5) is 0 Å². The number of hydrogen-bond acceptors (Lipinski definition) is 2. The summed E-state index contributed by atoms with van der Waals surface area (Å²) in [5.74, 6) is 0. The van der Waals surface area contributed by atoms with Crippen LogP contribution in [0.25, 0.3) is 6.08 Å². The molecular formula is C10H13NOS. The number of hydrogen-bond donors (Lipinski definition) is 0. The Balaban J connectivity index is 3.17. The molecule has 13 heavy (non-hydrogen) atoms. The summed E-state index contributed by atoms with van der Waals surface area (Å²) in [6.45, 7) is 8.16. The van der Waals surface area contributed by atoms with E-state index in [4.69, 9.17) is 0 Å². The molecule has 1 aromatic heterocycles. The van der Waals surface area contributed by atoms with Crippen LogP contribution in [0, 0.1) is 6.92 Å². The highest BCUT2D eigenvalue weighted by molar-refractivity contribution is 7.07. The van der Waals surface area contributed by atoms with E-state index < -0.39 is 0 Å². The van der Waals surface area contributed by atoms with Crippen molar-refractivity contribution >= 4 is 17.6 Å². The van der Waals surface area contributed by atoms with Crippen LogP contribution < -0.4 is 5.56 Å². The summed E-state index contributed by atoms with van der Waals surface area (Å²) in [7, 11) is 0. The van der Waals surface area contributed by atoms with Crippen molar-refractivity contribution in [3.63, 3.8) is 0 Å². The quantitative estimate of drug-likeness (QED) is 0.679. The fraction of sp³-hybridized carbons (Fsp3) is 0.300. The molecule has 1 aromatic rings. The van der Waals surface area contributed by atoms with Crippen molar-refractivity contribution in [2.45, 2.75) is 20.4 Å². The van der Waals surface area contributed by atoms with Crippen LogP contribution >= 0.6 is 11.5 Å². The van der Waals surface area contributed by atoms with Gasteiger partial charge >= 0.3 is 0 Å². The van der Waals surface area contributed by atoms with Crippen molar-refractivity contribution in [1.82, 2.24) is 3.96 Å². The highest BCUT2D eigenvalue weighted by Gasteiger charge is 2.06. The van der Waals surface area contributed by atoms with E-state index in [1.165, 1.54) is 11.5 Å². The van der Waals surface area contributed by atoms with Gasteiger partial charge in [-0.1, -0.05) is 30.3 Å². The van der Waals surface area contributed by atoms with Gasteiger partial charge in [-0.2, -0.15) is 0 Å². The zero-order valence-electron chi connectivity index (χ0n) is 7.91. The molecule has 1 heterocycles. The second-order valence-electron chi connectivity index (χ2n) is 2.68. The average Bonchev–Trinajstić information content (AvgIpc) is 2.41. The lowest BCUT2D eigenvalue weighted by atomic mass is 10.3. The number of allylic oxidation sites excluding steroid dienone is 2. The molecule has 3 heteroatoms. The zero-order valence-corrected chi connectivity index (χ0v) is 8.73. The second kappa shape index (κ2) is 4.23. The molecule has 0 aliphatic heterocycles. The minimum absolute atomic E-state index is 0.121. The first kappa shape index (κ1) is 9.99. The first-order valence-corrected chi connectivity index (χ1v) is 4.97. The molecule has 0 aromatic carbocycles. The molecule has 0 saturated carbocycles. The lowest BCUT2D eigenvalue weighted by Gasteiger charge is -1.88. The highest BCUT2D eigenvalue weighted by Crippen LogP contribution is 2.13. The van der Waals surface area contributed by atoms with E-state index in [0.717, 1.165) is 17.0 Å². The van der Waals surface area contributed by atoms with Crippen LogP contribution in [0.15, 0.2) is 23.5 Å². The van der Waals surface area contributed by atoms with E-state index in [-0.39, 0.29) is 5.56 Å². The number of rotatable bonds is 3. The molecule has 0 N–H and O–H groups in total. The Morgan fingerprint density at radius 1 is 1.62 bits per heavy atom. The first-order valence-electron chi connectivity index (χ1n) is 4.20. The number of aryl methyl sites for hydroxylation is 1. The number of nitrogens with zero attached hydrogens (tertiary/aromatic N) is 1. The van der Waals surface area contributed by atoms with Gasteiger partial charge in [0.2, 0.25) is 0 Å². The van der Waals surface area contributed by atoms with Crippen LogP contribution in [0.2, 0.25) is 0 Å². The van der Waals surface area contributed by atoms with Gasteiger partial charge in [-0.15, -0.1) is 0 Å². The van der Waals surface area contributed by atoms with Gasteiger partial charge in [0.25, 0.3) is 5.56 Å². The fourth-order valence-corrected chi connectivity index (χ4v) is 1.99. The Morgan fingerprint density at radius 3 is 2.77 bits per heavy atom. The van der Waals surface area contributed by atoms with Gasteiger partial charge in [-0.05, 0) is 19.9 Å². The summed E-state index contributed by atoms with van der Waals surface area (Å²) < 4.78 is 1.75. The van der Waals surface area contributed by atoms with Crippen molar-refractivity contribution in [3.8, 4) is 0 Å².